The summed E-state index contributed by atoms with van der Waals surface area (Å²) < 4.78 is 26.5. The molecule has 0 spiro atoms. The third-order valence-corrected chi connectivity index (χ3v) is 5.43. The molecule has 0 aromatic heterocycles. The van der Waals surface area contributed by atoms with E-state index in [0.717, 1.165) is 12.5 Å². The van der Waals surface area contributed by atoms with Crippen LogP contribution in [0.3, 0.4) is 0 Å². The zero-order chi connectivity index (χ0) is 14.9. The predicted octanol–water partition coefficient (Wildman–Crippen LogP) is 1.02. The predicted molar refractivity (Wildman–Crippen MR) is 73.8 cm³/mol. The molecule has 1 aromatic carbocycles. The van der Waals surface area contributed by atoms with Crippen LogP contribution in [0.2, 0.25) is 0 Å². The van der Waals surface area contributed by atoms with E-state index in [1.165, 1.54) is 16.4 Å². The Kier molecular flexibility index (Phi) is 4.07. The third-order valence-electron chi connectivity index (χ3n) is 3.42. The average molecular weight is 299 g/mol. The van der Waals surface area contributed by atoms with Crippen molar-refractivity contribution in [2.75, 3.05) is 13.1 Å². The summed E-state index contributed by atoms with van der Waals surface area (Å²) in [4.78, 5) is 10.2. The van der Waals surface area contributed by atoms with E-state index in [2.05, 4.69) is 0 Å². The Morgan fingerprint density at radius 3 is 2.75 bits per heavy atom. The maximum Gasteiger partial charge on any atom is 0.270 e. The van der Waals surface area contributed by atoms with Gasteiger partial charge in [-0.05, 0) is 25.3 Å². The highest BCUT2D eigenvalue weighted by Crippen LogP contribution is 2.26. The van der Waals surface area contributed by atoms with Gasteiger partial charge >= 0.3 is 0 Å². The topological polar surface area (TPSA) is 107 Å². The molecular weight excluding hydrogens is 282 g/mol. The lowest BCUT2D eigenvalue weighted by Crippen LogP contribution is -2.45. The van der Waals surface area contributed by atoms with Crippen LogP contribution in [0.15, 0.2) is 23.1 Å². The molecular formula is C12H17N3O4S. The van der Waals surface area contributed by atoms with Crippen molar-refractivity contribution >= 4 is 15.7 Å². The van der Waals surface area contributed by atoms with Crippen LogP contribution in [0.1, 0.15) is 18.4 Å². The van der Waals surface area contributed by atoms with Crippen LogP contribution in [0, 0.1) is 17.0 Å². The number of non-ortho nitro benzene ring substituents is 1. The highest BCUT2D eigenvalue weighted by molar-refractivity contribution is 7.89. The molecule has 7 nitrogen and oxygen atoms in total. The molecule has 8 heteroatoms. The van der Waals surface area contributed by atoms with E-state index >= 15 is 0 Å². The van der Waals surface area contributed by atoms with Gasteiger partial charge in [0.2, 0.25) is 10.0 Å². The summed E-state index contributed by atoms with van der Waals surface area (Å²) in [7, 11) is -3.73. The van der Waals surface area contributed by atoms with Crippen molar-refractivity contribution in [3.05, 3.63) is 33.9 Å². The van der Waals surface area contributed by atoms with Gasteiger partial charge in [0.15, 0.2) is 0 Å². The van der Waals surface area contributed by atoms with Crippen LogP contribution in [0.5, 0.6) is 0 Å². The van der Waals surface area contributed by atoms with E-state index in [9.17, 15) is 18.5 Å². The summed E-state index contributed by atoms with van der Waals surface area (Å²) in [5.74, 6) is 0. The van der Waals surface area contributed by atoms with E-state index in [1.807, 2.05) is 0 Å². The van der Waals surface area contributed by atoms with Crippen LogP contribution >= 0.6 is 0 Å². The summed E-state index contributed by atoms with van der Waals surface area (Å²) in [6.07, 6.45) is 1.49. The molecule has 1 atom stereocenters. The second kappa shape index (κ2) is 5.47. The average Bonchev–Trinajstić information content (AvgIpc) is 2.38. The van der Waals surface area contributed by atoms with Gasteiger partial charge in [-0.15, -0.1) is 0 Å². The third kappa shape index (κ3) is 2.82. The van der Waals surface area contributed by atoms with Gasteiger partial charge in [0.1, 0.15) is 0 Å². The number of benzene rings is 1. The molecule has 1 aromatic rings. The number of piperidine rings is 1. The SMILES string of the molecule is Cc1ccc([N+](=O)[O-])cc1S(=O)(=O)N1CCC[C@@H](N)C1. The van der Waals surface area contributed by atoms with Crippen LogP contribution in [-0.2, 0) is 10.0 Å². The molecule has 2 N–H and O–H groups in total. The maximum atomic E-state index is 12.6. The summed E-state index contributed by atoms with van der Waals surface area (Å²) in [6.45, 7) is 2.28. The number of nitrogens with zero attached hydrogens (tertiary/aromatic N) is 2. The van der Waals surface area contributed by atoms with Gasteiger partial charge in [0, 0.05) is 31.3 Å². The van der Waals surface area contributed by atoms with E-state index in [4.69, 9.17) is 5.73 Å². The molecule has 1 fully saturated rings. The molecule has 1 aliphatic heterocycles. The number of hydrogen-bond acceptors (Lipinski definition) is 5. The number of sulfonamides is 1. The Labute approximate surface area is 117 Å². The summed E-state index contributed by atoms with van der Waals surface area (Å²) >= 11 is 0. The molecule has 0 saturated carbocycles. The van der Waals surface area contributed by atoms with Gasteiger partial charge in [-0.25, -0.2) is 8.42 Å². The number of aryl methyl sites for hydroxylation is 1. The van der Waals surface area contributed by atoms with Crippen molar-refractivity contribution in [1.82, 2.24) is 4.31 Å². The summed E-state index contributed by atoms with van der Waals surface area (Å²) in [5.41, 5.74) is 6.07. The monoisotopic (exact) mass is 299 g/mol. The van der Waals surface area contributed by atoms with E-state index in [0.29, 0.717) is 18.5 Å². The first-order valence-electron chi connectivity index (χ1n) is 6.33. The van der Waals surface area contributed by atoms with Gasteiger partial charge in [0.25, 0.3) is 5.69 Å². The zero-order valence-electron chi connectivity index (χ0n) is 11.2. The molecule has 0 radical (unpaired) electrons. The quantitative estimate of drug-likeness (QED) is 0.662. The fourth-order valence-corrected chi connectivity index (χ4v) is 4.09. The van der Waals surface area contributed by atoms with Crippen molar-refractivity contribution < 1.29 is 13.3 Å². The fourth-order valence-electron chi connectivity index (χ4n) is 2.31. The van der Waals surface area contributed by atoms with Crippen LogP contribution < -0.4 is 5.73 Å². The lowest BCUT2D eigenvalue weighted by molar-refractivity contribution is -0.385. The van der Waals surface area contributed by atoms with E-state index in [1.54, 1.807) is 6.92 Å². The minimum absolute atomic E-state index is 0.0131. The first-order chi connectivity index (χ1) is 9.32. The Balaban J connectivity index is 2.43. The molecule has 1 saturated heterocycles. The molecule has 0 bridgehead atoms. The van der Waals surface area contributed by atoms with Gasteiger partial charge in [-0.2, -0.15) is 4.31 Å². The Morgan fingerprint density at radius 2 is 2.15 bits per heavy atom. The molecule has 20 heavy (non-hydrogen) atoms. The van der Waals surface area contributed by atoms with Crippen molar-refractivity contribution in [2.45, 2.75) is 30.7 Å². The first-order valence-corrected chi connectivity index (χ1v) is 7.77. The Bertz CT molecular complexity index is 630. The van der Waals surface area contributed by atoms with Crippen molar-refractivity contribution in [3.8, 4) is 0 Å². The van der Waals surface area contributed by atoms with Crippen LogP contribution in [0.4, 0.5) is 5.69 Å². The molecule has 0 amide bonds. The molecule has 0 unspecified atom stereocenters. The Morgan fingerprint density at radius 1 is 1.45 bits per heavy atom. The standard InChI is InChI=1S/C12H17N3O4S/c1-9-4-5-11(15(16)17)7-12(9)20(18,19)14-6-2-3-10(13)8-14/h4-5,7,10H,2-3,6,8,13H2,1H3/t10-/m1/s1. The fraction of sp³-hybridized carbons (Fsp3) is 0.500. The lowest BCUT2D eigenvalue weighted by Gasteiger charge is -2.30. The van der Waals surface area contributed by atoms with Crippen molar-refractivity contribution in [3.63, 3.8) is 0 Å². The van der Waals surface area contributed by atoms with Gasteiger partial charge in [0.05, 0.1) is 9.82 Å². The highest BCUT2D eigenvalue weighted by atomic mass is 32.2. The lowest BCUT2D eigenvalue weighted by atomic mass is 10.1. The normalized spacial score (nSPS) is 20.8. The molecule has 1 aliphatic rings. The maximum absolute atomic E-state index is 12.6. The van der Waals surface area contributed by atoms with E-state index in [-0.39, 0.29) is 23.2 Å². The second-order valence-corrected chi connectivity index (χ2v) is 6.88. The number of nitrogens with two attached hydrogens (primary N) is 1. The Hall–Kier alpha value is -1.51. The number of nitro groups is 1. The second-order valence-electron chi connectivity index (χ2n) is 4.97. The van der Waals surface area contributed by atoms with Crippen molar-refractivity contribution in [1.29, 1.82) is 0 Å². The first kappa shape index (κ1) is 14.9. The molecule has 110 valence electrons. The van der Waals surface area contributed by atoms with E-state index < -0.39 is 14.9 Å². The smallest absolute Gasteiger partial charge is 0.270 e. The summed E-state index contributed by atoms with van der Waals surface area (Å²) in [6, 6.07) is 3.69. The minimum atomic E-state index is -3.73. The largest absolute Gasteiger partial charge is 0.327 e. The molecule has 0 aliphatic carbocycles. The van der Waals surface area contributed by atoms with Crippen molar-refractivity contribution in [2.24, 2.45) is 5.73 Å². The number of nitro benzene ring substituents is 1. The van der Waals surface area contributed by atoms with Crippen LogP contribution in [0.25, 0.3) is 0 Å². The molecule has 1 heterocycles. The van der Waals surface area contributed by atoms with Gasteiger partial charge in [-0.3, -0.25) is 10.1 Å². The summed E-state index contributed by atoms with van der Waals surface area (Å²) in [5, 5.41) is 10.8. The highest BCUT2D eigenvalue weighted by Gasteiger charge is 2.31. The van der Waals surface area contributed by atoms with Gasteiger partial charge < -0.3 is 5.73 Å². The molecule has 2 rings (SSSR count). The van der Waals surface area contributed by atoms with Gasteiger partial charge in [-0.1, -0.05) is 6.07 Å². The number of hydrogen-bond donors (Lipinski definition) is 1. The number of rotatable bonds is 3. The van der Waals surface area contributed by atoms with Crippen LogP contribution in [-0.4, -0.2) is 36.8 Å². The zero-order valence-corrected chi connectivity index (χ0v) is 12.0. The minimum Gasteiger partial charge on any atom is -0.327 e.